The number of carbonyl (C=O) groups is 16. The number of nitrogens with two attached hydrogens (primary N) is 3. The van der Waals surface area contributed by atoms with Crippen LogP contribution in [0.2, 0.25) is 0 Å². The van der Waals surface area contributed by atoms with E-state index in [0.29, 0.717) is 5.56 Å². The smallest absolute Gasteiger partial charge is 0.305 e. The van der Waals surface area contributed by atoms with Gasteiger partial charge in [0.1, 0.15) is 5.78 Å². The van der Waals surface area contributed by atoms with Crippen molar-refractivity contribution in [1.29, 1.82) is 0 Å². The molecule has 0 saturated carbocycles. The Morgan fingerprint density at radius 3 is 1.47 bits per heavy atom. The fraction of sp³-hybridized carbons (Fsp3) is 0.657. The molecule has 0 radical (unpaired) electrons. The summed E-state index contributed by atoms with van der Waals surface area (Å²) in [6, 6.07) is -0.0694. The third-order valence-corrected chi connectivity index (χ3v) is 18.0. The number of hydrogen-bond donors (Lipinski definition) is 13. The summed E-state index contributed by atoms with van der Waals surface area (Å²) in [6.07, 6.45) is -2.09. The third-order valence-electron chi connectivity index (χ3n) is 17.6. The van der Waals surface area contributed by atoms with Gasteiger partial charge in [0.15, 0.2) is 28.9 Å². The second-order valence-electron chi connectivity index (χ2n) is 26.8. The summed E-state index contributed by atoms with van der Waals surface area (Å²) in [6.45, 7) is 15.0. The summed E-state index contributed by atoms with van der Waals surface area (Å²) in [7, 11) is 0. The molecular weight excluding hydrogens is 1300 g/mol. The van der Waals surface area contributed by atoms with E-state index in [1.54, 1.807) is 85.7 Å². The van der Waals surface area contributed by atoms with Crippen molar-refractivity contribution in [2.45, 2.75) is 227 Å². The maximum atomic E-state index is 14.5. The van der Waals surface area contributed by atoms with Crippen molar-refractivity contribution in [1.82, 2.24) is 26.6 Å². The minimum Gasteiger partial charge on any atom is -0.481 e. The molecule has 3 unspecified atom stereocenters. The van der Waals surface area contributed by atoms with E-state index in [0.717, 1.165) is 0 Å². The number of carbonyl (C=O) groups excluding carboxylic acids is 13. The molecular formula is C70H106N8O20S. The van der Waals surface area contributed by atoms with E-state index < -0.39 is 241 Å². The van der Waals surface area contributed by atoms with Crippen molar-refractivity contribution in [2.75, 3.05) is 5.75 Å². The molecule has 99 heavy (non-hydrogen) atoms. The Morgan fingerprint density at radius 2 is 0.960 bits per heavy atom. The van der Waals surface area contributed by atoms with Crippen molar-refractivity contribution < 1.29 is 97.1 Å². The van der Waals surface area contributed by atoms with Gasteiger partial charge < -0.3 is 64.2 Å². The molecule has 28 nitrogen and oxygen atoms in total. The number of thiol groups is 1. The number of carboxylic acids is 3. The largest absolute Gasteiger partial charge is 0.481 e. The Kier molecular flexibility index (Phi) is 40.8. The highest BCUT2D eigenvalue weighted by atomic mass is 32.1. The van der Waals surface area contributed by atoms with Crippen molar-refractivity contribution in [3.05, 3.63) is 35.9 Å². The molecule has 0 heterocycles. The van der Waals surface area contributed by atoms with E-state index in [2.05, 4.69) is 45.1 Å². The minimum atomic E-state index is -1.85. The lowest BCUT2D eigenvalue weighted by Gasteiger charge is -2.29. The van der Waals surface area contributed by atoms with Crippen molar-refractivity contribution in [3.63, 3.8) is 0 Å². The molecule has 0 aromatic heterocycles. The lowest BCUT2D eigenvalue weighted by Crippen LogP contribution is -2.52. The van der Waals surface area contributed by atoms with Crippen LogP contribution < -0.4 is 43.8 Å². The molecule has 7 amide bonds. The molecule has 0 bridgehead atoms. The Bertz CT molecular complexity index is 3010. The summed E-state index contributed by atoms with van der Waals surface area (Å²) in [5, 5.41) is 53.0. The molecule has 15 atom stereocenters. The Hall–Kier alpha value is -8.23. The number of aliphatic hydroxyl groups excluding tert-OH is 1. The van der Waals surface area contributed by atoms with Crippen molar-refractivity contribution >= 4 is 107 Å². The van der Waals surface area contributed by atoms with Gasteiger partial charge in [-0.3, -0.25) is 76.7 Å². The number of rotatable bonds is 53. The number of terminal acetylenes is 1. The van der Waals surface area contributed by atoms with Gasteiger partial charge in [-0.25, -0.2) is 0 Å². The second kappa shape index (κ2) is 45.4. The Morgan fingerprint density at radius 1 is 0.485 bits per heavy atom. The molecule has 0 aliphatic carbocycles. The Labute approximate surface area is 584 Å². The van der Waals surface area contributed by atoms with E-state index in [1.165, 1.54) is 6.92 Å². The number of hydrogen-bond acceptors (Lipinski definition) is 19. The van der Waals surface area contributed by atoms with Gasteiger partial charge in [-0.1, -0.05) is 98.6 Å². The lowest BCUT2D eigenvalue weighted by molar-refractivity contribution is -0.143. The number of nitrogens with one attached hydrogen (secondary N) is 5. The highest BCUT2D eigenvalue weighted by Crippen LogP contribution is 2.26. The molecule has 0 aliphatic heterocycles. The third kappa shape index (κ3) is 33.5. The zero-order valence-corrected chi connectivity index (χ0v) is 59.3. The van der Waals surface area contributed by atoms with Gasteiger partial charge in [-0.2, -0.15) is 12.6 Å². The van der Waals surface area contributed by atoms with Crippen LogP contribution in [0.4, 0.5) is 0 Å². The molecule has 15 N–H and O–H groups in total. The average Bonchev–Trinajstić information content (AvgIpc) is 0.856. The lowest BCUT2D eigenvalue weighted by atomic mass is 9.84. The predicted molar refractivity (Wildman–Crippen MR) is 367 cm³/mol. The number of ketones is 6. The Balaban J connectivity index is 3.56. The summed E-state index contributed by atoms with van der Waals surface area (Å²) >= 11 is 4.33. The van der Waals surface area contributed by atoms with Gasteiger partial charge in [0, 0.05) is 87.2 Å². The van der Waals surface area contributed by atoms with Gasteiger partial charge in [0.05, 0.1) is 67.0 Å². The van der Waals surface area contributed by atoms with E-state index in [9.17, 15) is 97.1 Å². The quantitative estimate of drug-likeness (QED) is 0.0329. The first-order valence-electron chi connectivity index (χ1n) is 33.7. The van der Waals surface area contributed by atoms with Crippen LogP contribution in [0.25, 0.3) is 0 Å². The van der Waals surface area contributed by atoms with Crippen LogP contribution >= 0.6 is 12.6 Å². The van der Waals surface area contributed by atoms with Gasteiger partial charge in [-0.15, -0.1) is 12.3 Å². The topological polar surface area (TPSA) is 492 Å². The maximum Gasteiger partial charge on any atom is 0.305 e. The van der Waals surface area contributed by atoms with E-state index in [1.807, 2.05) is 0 Å². The van der Waals surface area contributed by atoms with Gasteiger partial charge in [0.25, 0.3) is 0 Å². The standard InChI is InChI=1S/C70H106N8O20S/c1-11-14-20-44(29-56(82)51(27-42-18-16-15-17-19-42)75-68(96)46(32-62(89)90)30-54(80)49(71)22-23-60(72)86)66(94)78-64(40(9)13-3)59(85)34-48(41(10)79)70(98)76-52(35-63(91)92)58(84)33-47(39(8)12-2)69(97)77-53(36-99)57(83)31-45(25-37(4)5)67(95)74-50(26-38(6)7)55(81)28-43(65(73)93)21-24-61(87)88/h1,15-19,37-41,43-53,64,79,99H,12-14,20-36,71H2,2-10H3,(H2,72,86)(H2,73,93)(H,74,95)(H,75,96)(H,76,98)(H,77,97)(H,78,94)(H,87,88)(H,89,90)(H,91,92)/t39?,40?,41?,43-,44-,45-,46+,47+,48+,49+,50+,51+,52+,53+,64+/m1/s1. The molecule has 1 rings (SSSR count). The van der Waals surface area contributed by atoms with Crippen LogP contribution in [-0.4, -0.2) is 162 Å². The van der Waals surface area contributed by atoms with Crippen LogP contribution in [0.3, 0.4) is 0 Å². The minimum absolute atomic E-state index is 0.0559. The van der Waals surface area contributed by atoms with E-state index in [4.69, 9.17) is 23.6 Å². The first-order valence-corrected chi connectivity index (χ1v) is 34.4. The van der Waals surface area contributed by atoms with E-state index in [-0.39, 0.29) is 81.8 Å². The zero-order valence-electron chi connectivity index (χ0n) is 58.4. The van der Waals surface area contributed by atoms with Crippen molar-refractivity contribution in [2.24, 2.45) is 76.4 Å². The molecule has 552 valence electrons. The average molecular weight is 1410 g/mol. The number of amides is 7. The van der Waals surface area contributed by atoms with Gasteiger partial charge in [-0.05, 0) is 74.7 Å². The number of Topliss-reactive ketones (excluding diaryl/α,β-unsaturated/α-hetero) is 6. The second-order valence-corrected chi connectivity index (χ2v) is 27.1. The van der Waals surface area contributed by atoms with Crippen LogP contribution in [0.1, 0.15) is 183 Å². The molecule has 0 fully saturated rings. The summed E-state index contributed by atoms with van der Waals surface area (Å²) in [4.78, 5) is 214. The molecule has 29 heteroatoms. The molecule has 0 saturated heterocycles. The fourth-order valence-corrected chi connectivity index (χ4v) is 11.5. The normalized spacial score (nSPS) is 15.9. The highest BCUT2D eigenvalue weighted by molar-refractivity contribution is 7.80. The maximum absolute atomic E-state index is 14.5. The summed E-state index contributed by atoms with van der Waals surface area (Å²) in [5.41, 5.74) is 17.2. The number of primary amides is 2. The van der Waals surface area contributed by atoms with Gasteiger partial charge >= 0.3 is 17.9 Å². The summed E-state index contributed by atoms with van der Waals surface area (Å²) < 4.78 is 0. The molecule has 0 spiro atoms. The van der Waals surface area contributed by atoms with E-state index >= 15 is 0 Å². The highest BCUT2D eigenvalue weighted by Gasteiger charge is 2.40. The zero-order chi connectivity index (χ0) is 75.6. The molecule has 1 aromatic carbocycles. The van der Waals surface area contributed by atoms with Gasteiger partial charge in [0.2, 0.25) is 41.4 Å². The number of benzene rings is 1. The van der Waals surface area contributed by atoms with Crippen LogP contribution in [-0.2, 0) is 83.1 Å². The number of aliphatic hydroxyl groups is 1. The fourth-order valence-electron chi connectivity index (χ4n) is 11.2. The van der Waals surface area contributed by atoms with Crippen LogP contribution in [0.5, 0.6) is 0 Å². The van der Waals surface area contributed by atoms with Crippen molar-refractivity contribution in [3.8, 4) is 12.3 Å². The summed E-state index contributed by atoms with van der Waals surface area (Å²) in [5.74, 6) is -22.1. The SMILES string of the molecule is C#CCC[C@H](CC(=O)[C@H](Cc1ccccc1)NC(=O)[C@H](CC(=O)O)CC(=O)[C@@H](N)CCC(N)=O)C(=O)N[C@H](C(=O)C[C@H](C(=O)N[C@@H](CC(=O)O)C(=O)C[C@H](C(=O)N[C@@H](CS)C(=O)C[C@@H](CC(C)C)C(=O)N[C@@H](CC(C)C)C(=O)C[C@@H](CCC(=O)O)C(N)=O)C(C)CC)C(C)O)C(C)CC. The predicted octanol–water partition coefficient (Wildman–Crippen LogP) is 2.91. The number of aliphatic carboxylic acids is 3. The number of carboxylic acid groups (broad SMARTS) is 3. The first-order chi connectivity index (χ1) is 46.3. The van der Waals surface area contributed by atoms with Crippen LogP contribution in [0, 0.1) is 71.5 Å². The monoisotopic (exact) mass is 1410 g/mol. The molecule has 1 aromatic rings. The molecule has 0 aliphatic rings. The first kappa shape index (κ1) is 88.8. The van der Waals surface area contributed by atoms with Crippen LogP contribution in [0.15, 0.2) is 30.3 Å².